The predicted molar refractivity (Wildman–Crippen MR) is 113 cm³/mol. The minimum Gasteiger partial charge on any atom is -0.444 e. The third-order valence-corrected chi connectivity index (χ3v) is 6.86. The molecule has 27 heavy (non-hydrogen) atoms. The summed E-state index contributed by atoms with van der Waals surface area (Å²) in [4.78, 5) is 18.8. The average Bonchev–Trinajstić information content (AvgIpc) is 2.86. The molecule has 2 heterocycles. The van der Waals surface area contributed by atoms with Gasteiger partial charge in [-0.15, -0.1) is 11.3 Å². The number of aromatic nitrogens is 1. The first-order valence-electron chi connectivity index (χ1n) is 9.05. The number of nitrogens with zero attached hydrogens (tertiary/aromatic N) is 2. The molecule has 0 spiro atoms. The van der Waals surface area contributed by atoms with E-state index in [4.69, 9.17) is 16.3 Å². The average molecular weight is 425 g/mol. The minimum atomic E-state index is -0.479. The fraction of sp³-hybridized carbons (Fsp3) is 0.500. The van der Waals surface area contributed by atoms with Crippen LogP contribution in [0.4, 0.5) is 4.79 Å². The van der Waals surface area contributed by atoms with Gasteiger partial charge in [-0.05, 0) is 63.3 Å². The van der Waals surface area contributed by atoms with Gasteiger partial charge < -0.3 is 9.64 Å². The number of rotatable bonds is 3. The predicted octanol–water partition coefficient (Wildman–Crippen LogP) is 5.73. The largest absolute Gasteiger partial charge is 0.444 e. The normalized spacial score (nSPS) is 14.6. The van der Waals surface area contributed by atoms with E-state index in [1.54, 1.807) is 28.0 Å². The zero-order valence-electron chi connectivity index (χ0n) is 16.2. The van der Waals surface area contributed by atoms with Crippen LogP contribution in [0.15, 0.2) is 21.9 Å². The van der Waals surface area contributed by atoms with Crippen molar-refractivity contribution in [3.63, 3.8) is 0 Å². The Bertz CT molecular complexity index is 830. The van der Waals surface area contributed by atoms with Gasteiger partial charge in [0, 0.05) is 34.9 Å². The fourth-order valence-electron chi connectivity index (χ4n) is 3.07. The molecule has 0 atom stereocenters. The van der Waals surface area contributed by atoms with Gasteiger partial charge in [-0.1, -0.05) is 29.4 Å². The van der Waals surface area contributed by atoms with Crippen LogP contribution in [0.5, 0.6) is 0 Å². The summed E-state index contributed by atoms with van der Waals surface area (Å²) in [6.45, 7) is 9.01. The van der Waals surface area contributed by atoms with Crippen LogP contribution in [0.3, 0.4) is 0 Å². The molecule has 0 N–H and O–H groups in total. The number of thiazole rings is 1. The van der Waals surface area contributed by atoms with Crippen LogP contribution in [-0.4, -0.2) is 34.7 Å². The molecule has 1 aliphatic heterocycles. The Hall–Kier alpha value is -1.24. The van der Waals surface area contributed by atoms with E-state index in [1.165, 1.54) is 11.1 Å². The molecule has 0 fully saturated rings. The molecule has 4 nitrogen and oxygen atoms in total. The second-order valence-electron chi connectivity index (χ2n) is 7.67. The van der Waals surface area contributed by atoms with Crippen molar-refractivity contribution in [1.29, 1.82) is 0 Å². The van der Waals surface area contributed by atoms with Gasteiger partial charge in [0.05, 0.1) is 0 Å². The summed E-state index contributed by atoms with van der Waals surface area (Å²) in [6.07, 6.45) is 1.37. The summed E-state index contributed by atoms with van der Waals surface area (Å²) in [5.41, 5.74) is 4.28. The molecule has 0 radical (unpaired) electrons. The molecule has 146 valence electrons. The highest BCUT2D eigenvalue weighted by molar-refractivity contribution is 8.00. The van der Waals surface area contributed by atoms with Gasteiger partial charge >= 0.3 is 6.09 Å². The molecule has 0 unspecified atom stereocenters. The number of carbonyl (C=O) groups is 1. The number of benzene rings is 1. The molecule has 1 aliphatic rings. The molecule has 1 aromatic heterocycles. The Labute approximate surface area is 174 Å². The Morgan fingerprint density at radius 3 is 2.74 bits per heavy atom. The molecule has 7 heteroatoms. The zero-order chi connectivity index (χ0) is 19.6. The molecule has 3 rings (SSSR count). The van der Waals surface area contributed by atoms with E-state index in [-0.39, 0.29) is 6.09 Å². The summed E-state index contributed by atoms with van der Waals surface area (Å²) < 4.78 is 6.60. The van der Waals surface area contributed by atoms with Crippen LogP contribution in [0.25, 0.3) is 0 Å². The third-order valence-electron chi connectivity index (χ3n) is 4.34. The second-order valence-corrected chi connectivity index (χ2v) is 10.2. The van der Waals surface area contributed by atoms with Gasteiger partial charge in [0.2, 0.25) is 0 Å². The molecule has 1 amide bonds. The molecule has 0 aliphatic carbocycles. The Morgan fingerprint density at radius 2 is 2.07 bits per heavy atom. The molecule has 0 saturated carbocycles. The number of carbonyl (C=O) groups excluding carboxylic acids is 1. The van der Waals surface area contributed by atoms with Crippen molar-refractivity contribution in [3.8, 4) is 0 Å². The monoisotopic (exact) mass is 424 g/mol. The molecule has 1 aromatic carbocycles. The molecule has 2 aromatic rings. The van der Waals surface area contributed by atoms with Crippen molar-refractivity contribution >= 4 is 40.8 Å². The van der Waals surface area contributed by atoms with Gasteiger partial charge in [0.15, 0.2) is 0 Å². The maximum Gasteiger partial charge on any atom is 0.410 e. The van der Waals surface area contributed by atoms with Crippen LogP contribution in [-0.2, 0) is 23.3 Å². The van der Waals surface area contributed by atoms with E-state index in [2.05, 4.69) is 16.4 Å². The van der Waals surface area contributed by atoms with Crippen LogP contribution in [0.2, 0.25) is 5.02 Å². The maximum absolute atomic E-state index is 12.4. The highest BCUT2D eigenvalue weighted by Crippen LogP contribution is 2.33. The van der Waals surface area contributed by atoms with E-state index in [0.29, 0.717) is 13.1 Å². The summed E-state index contributed by atoms with van der Waals surface area (Å²) in [5.74, 6) is 0.793. The first-order valence-corrected chi connectivity index (χ1v) is 11.3. The minimum absolute atomic E-state index is 0.240. The van der Waals surface area contributed by atoms with Crippen molar-refractivity contribution in [2.45, 2.75) is 56.2 Å². The maximum atomic E-state index is 12.4. The topological polar surface area (TPSA) is 42.4 Å². The van der Waals surface area contributed by atoms with Gasteiger partial charge in [-0.3, -0.25) is 0 Å². The number of halogens is 1. The lowest BCUT2D eigenvalue weighted by Gasteiger charge is -2.26. The number of thioether (sulfide) groups is 1. The zero-order valence-corrected chi connectivity index (χ0v) is 18.6. The van der Waals surface area contributed by atoms with Crippen molar-refractivity contribution in [2.75, 3.05) is 13.1 Å². The summed E-state index contributed by atoms with van der Waals surface area (Å²) in [7, 11) is 0. The van der Waals surface area contributed by atoms with E-state index >= 15 is 0 Å². The van der Waals surface area contributed by atoms with E-state index < -0.39 is 5.60 Å². The Kier molecular flexibility index (Phi) is 6.39. The fourth-order valence-corrected chi connectivity index (χ4v) is 5.31. The number of hydrogen-bond donors (Lipinski definition) is 0. The number of ether oxygens (including phenoxy) is 1. The SMILES string of the molecule is Cc1csc(SCc2c(Cl)ccc3c2CCN(C(=O)OC(C)(C)C)CC3)n1. The van der Waals surface area contributed by atoms with Gasteiger partial charge in [-0.2, -0.15) is 0 Å². The molecular formula is C20H25ClN2O2S2. The number of fused-ring (bicyclic) bond motifs is 1. The standard InChI is InChI=1S/C20H25ClN2O2S2/c1-13-11-26-18(22-13)27-12-16-15-8-10-23(19(24)25-20(2,3)4)9-7-14(15)5-6-17(16)21/h5-6,11H,7-10,12H2,1-4H3. The van der Waals surface area contributed by atoms with Crippen molar-refractivity contribution in [3.05, 3.63) is 44.9 Å². The lowest BCUT2D eigenvalue weighted by atomic mass is 9.98. The Balaban J connectivity index is 1.74. The summed E-state index contributed by atoms with van der Waals surface area (Å²) in [6, 6.07) is 4.07. The first kappa shape index (κ1) is 20.5. The van der Waals surface area contributed by atoms with Gasteiger partial charge in [-0.25, -0.2) is 9.78 Å². The number of amides is 1. The molecule has 0 bridgehead atoms. The summed E-state index contributed by atoms with van der Waals surface area (Å²) in [5, 5.41) is 2.86. The van der Waals surface area contributed by atoms with Crippen molar-refractivity contribution in [1.82, 2.24) is 9.88 Å². The van der Waals surface area contributed by atoms with Crippen LogP contribution in [0.1, 0.15) is 43.2 Å². The lowest BCUT2D eigenvalue weighted by molar-refractivity contribution is 0.0258. The van der Waals surface area contributed by atoms with E-state index in [1.807, 2.05) is 33.8 Å². The third kappa shape index (κ3) is 5.39. The van der Waals surface area contributed by atoms with Gasteiger partial charge in [0.1, 0.15) is 9.94 Å². The lowest BCUT2D eigenvalue weighted by Crippen LogP contribution is -2.38. The van der Waals surface area contributed by atoms with Crippen LogP contribution < -0.4 is 0 Å². The highest BCUT2D eigenvalue weighted by Gasteiger charge is 2.25. The van der Waals surface area contributed by atoms with Crippen molar-refractivity contribution in [2.24, 2.45) is 0 Å². The molecule has 0 saturated heterocycles. The second kappa shape index (κ2) is 8.41. The number of aryl methyl sites for hydroxylation is 1. The molecular weight excluding hydrogens is 400 g/mol. The van der Waals surface area contributed by atoms with Crippen LogP contribution in [0, 0.1) is 6.92 Å². The van der Waals surface area contributed by atoms with Crippen LogP contribution >= 0.6 is 34.7 Å². The quantitative estimate of drug-likeness (QED) is 0.590. The van der Waals surface area contributed by atoms with Gasteiger partial charge in [0.25, 0.3) is 0 Å². The van der Waals surface area contributed by atoms with E-state index in [0.717, 1.165) is 39.2 Å². The highest BCUT2D eigenvalue weighted by atomic mass is 35.5. The summed E-state index contributed by atoms with van der Waals surface area (Å²) >= 11 is 9.92. The number of hydrogen-bond acceptors (Lipinski definition) is 5. The smallest absolute Gasteiger partial charge is 0.410 e. The first-order chi connectivity index (χ1) is 12.7. The van der Waals surface area contributed by atoms with Crippen molar-refractivity contribution < 1.29 is 9.53 Å². The Morgan fingerprint density at radius 1 is 1.33 bits per heavy atom. The van der Waals surface area contributed by atoms with E-state index in [9.17, 15) is 4.79 Å².